The van der Waals surface area contributed by atoms with Crippen LogP contribution in [0.4, 0.5) is 5.82 Å². The van der Waals surface area contributed by atoms with E-state index in [0.717, 1.165) is 17.1 Å². The van der Waals surface area contributed by atoms with Crippen LogP contribution in [0.2, 0.25) is 5.02 Å². The van der Waals surface area contributed by atoms with E-state index >= 15 is 0 Å². The lowest BCUT2D eigenvalue weighted by Gasteiger charge is -2.03. The van der Waals surface area contributed by atoms with E-state index in [1.807, 2.05) is 40.9 Å². The number of nitrogens with zero attached hydrogens (tertiary/aromatic N) is 2. The molecule has 0 unspecified atom stereocenters. The molecule has 19 heavy (non-hydrogen) atoms. The summed E-state index contributed by atoms with van der Waals surface area (Å²) in [5, 5.41) is 0.650. The summed E-state index contributed by atoms with van der Waals surface area (Å²) in [7, 11) is 0. The molecule has 4 nitrogen and oxygen atoms in total. The Morgan fingerprint density at radius 1 is 1.21 bits per heavy atom. The van der Waals surface area contributed by atoms with E-state index < -0.39 is 0 Å². The van der Waals surface area contributed by atoms with Crippen molar-refractivity contribution in [1.29, 1.82) is 0 Å². The molecule has 0 atom stereocenters. The van der Waals surface area contributed by atoms with Gasteiger partial charge in [0.1, 0.15) is 23.8 Å². The smallest absolute Gasteiger partial charge is 0.138 e. The van der Waals surface area contributed by atoms with E-state index in [1.54, 1.807) is 12.1 Å². The van der Waals surface area contributed by atoms with Crippen LogP contribution in [0.15, 0.2) is 48.7 Å². The standard InChI is InChI=1S/C14H12ClN3O/c15-10-3-1-4-12(7-10)19-9-11-8-18-13(16)5-2-6-14(18)17-11/h1-8H,9,16H2. The van der Waals surface area contributed by atoms with Gasteiger partial charge in [0, 0.05) is 11.2 Å². The maximum absolute atomic E-state index is 5.90. The number of imidazole rings is 1. The van der Waals surface area contributed by atoms with Gasteiger partial charge in [0.2, 0.25) is 0 Å². The zero-order valence-electron chi connectivity index (χ0n) is 10.1. The Labute approximate surface area is 115 Å². The monoisotopic (exact) mass is 273 g/mol. The van der Waals surface area contributed by atoms with Gasteiger partial charge in [-0.05, 0) is 30.3 Å². The summed E-state index contributed by atoms with van der Waals surface area (Å²) in [5.41, 5.74) is 7.49. The van der Waals surface area contributed by atoms with Crippen LogP contribution in [-0.4, -0.2) is 9.38 Å². The molecule has 0 amide bonds. The zero-order chi connectivity index (χ0) is 13.2. The van der Waals surface area contributed by atoms with E-state index in [0.29, 0.717) is 17.4 Å². The van der Waals surface area contributed by atoms with Crippen molar-refractivity contribution < 1.29 is 4.74 Å². The lowest BCUT2D eigenvalue weighted by atomic mass is 10.3. The Morgan fingerprint density at radius 3 is 2.84 bits per heavy atom. The summed E-state index contributed by atoms with van der Waals surface area (Å²) in [6.07, 6.45) is 1.87. The number of aromatic nitrogens is 2. The highest BCUT2D eigenvalue weighted by molar-refractivity contribution is 6.30. The van der Waals surface area contributed by atoms with Crippen molar-refractivity contribution >= 4 is 23.1 Å². The van der Waals surface area contributed by atoms with Gasteiger partial charge >= 0.3 is 0 Å². The number of pyridine rings is 1. The van der Waals surface area contributed by atoms with Gasteiger partial charge in [-0.3, -0.25) is 4.40 Å². The third-order valence-electron chi connectivity index (χ3n) is 2.76. The summed E-state index contributed by atoms with van der Waals surface area (Å²) >= 11 is 5.90. The Balaban J connectivity index is 1.80. The summed E-state index contributed by atoms with van der Waals surface area (Å²) in [5.74, 6) is 1.37. The fourth-order valence-corrected chi connectivity index (χ4v) is 2.05. The molecule has 1 aromatic carbocycles. The van der Waals surface area contributed by atoms with Crippen LogP contribution < -0.4 is 10.5 Å². The van der Waals surface area contributed by atoms with Gasteiger partial charge in [-0.25, -0.2) is 4.98 Å². The molecule has 0 saturated carbocycles. The number of halogens is 1. The second kappa shape index (κ2) is 4.82. The minimum Gasteiger partial charge on any atom is -0.487 e. The second-order valence-electron chi connectivity index (χ2n) is 4.16. The topological polar surface area (TPSA) is 52.5 Å². The first-order chi connectivity index (χ1) is 9.22. The van der Waals surface area contributed by atoms with Crippen molar-refractivity contribution in [3.63, 3.8) is 0 Å². The minimum absolute atomic E-state index is 0.376. The van der Waals surface area contributed by atoms with Crippen molar-refractivity contribution in [3.05, 3.63) is 59.4 Å². The van der Waals surface area contributed by atoms with E-state index in [4.69, 9.17) is 22.1 Å². The molecule has 0 aliphatic heterocycles. The molecular weight excluding hydrogens is 262 g/mol. The van der Waals surface area contributed by atoms with Crippen molar-refractivity contribution in [1.82, 2.24) is 9.38 Å². The minimum atomic E-state index is 0.376. The van der Waals surface area contributed by atoms with E-state index in [-0.39, 0.29) is 0 Å². The fourth-order valence-electron chi connectivity index (χ4n) is 1.87. The summed E-state index contributed by atoms with van der Waals surface area (Å²) in [6.45, 7) is 0.376. The van der Waals surface area contributed by atoms with Gasteiger partial charge < -0.3 is 10.5 Å². The van der Waals surface area contributed by atoms with Crippen LogP contribution in [0.25, 0.3) is 5.65 Å². The van der Waals surface area contributed by atoms with Crippen LogP contribution >= 0.6 is 11.6 Å². The molecule has 96 valence electrons. The normalized spacial score (nSPS) is 10.8. The maximum atomic E-state index is 5.90. The van der Waals surface area contributed by atoms with E-state index in [9.17, 15) is 0 Å². The average molecular weight is 274 g/mol. The molecule has 3 aromatic rings. The third-order valence-corrected chi connectivity index (χ3v) is 2.99. The van der Waals surface area contributed by atoms with Crippen LogP contribution in [0, 0.1) is 0 Å². The van der Waals surface area contributed by atoms with E-state index in [2.05, 4.69) is 4.98 Å². The van der Waals surface area contributed by atoms with Crippen LogP contribution in [0.5, 0.6) is 5.75 Å². The number of anilines is 1. The SMILES string of the molecule is Nc1cccc2nc(COc3cccc(Cl)c3)cn12. The molecule has 3 rings (SSSR count). The summed E-state index contributed by atoms with van der Waals surface area (Å²) < 4.78 is 7.47. The van der Waals surface area contributed by atoms with Crippen LogP contribution in [0.1, 0.15) is 5.69 Å². The van der Waals surface area contributed by atoms with Gasteiger partial charge in [-0.1, -0.05) is 23.7 Å². The Morgan fingerprint density at radius 2 is 2.05 bits per heavy atom. The lowest BCUT2D eigenvalue weighted by Crippen LogP contribution is -1.95. The Kier molecular flexibility index (Phi) is 3.01. The average Bonchev–Trinajstić information content (AvgIpc) is 2.81. The van der Waals surface area contributed by atoms with Crippen molar-refractivity contribution in [2.75, 3.05) is 5.73 Å². The predicted molar refractivity (Wildman–Crippen MR) is 75.4 cm³/mol. The highest BCUT2D eigenvalue weighted by Crippen LogP contribution is 2.18. The molecule has 5 heteroatoms. The number of rotatable bonds is 3. The second-order valence-corrected chi connectivity index (χ2v) is 4.59. The Hall–Kier alpha value is -2.20. The fraction of sp³-hybridized carbons (Fsp3) is 0.0714. The zero-order valence-corrected chi connectivity index (χ0v) is 10.8. The van der Waals surface area contributed by atoms with Crippen LogP contribution in [0.3, 0.4) is 0 Å². The van der Waals surface area contributed by atoms with Gasteiger partial charge in [-0.2, -0.15) is 0 Å². The molecule has 0 bridgehead atoms. The van der Waals surface area contributed by atoms with Crippen molar-refractivity contribution in [2.24, 2.45) is 0 Å². The summed E-state index contributed by atoms with van der Waals surface area (Å²) in [6, 6.07) is 12.9. The first kappa shape index (κ1) is 11.9. The molecule has 2 aromatic heterocycles. The van der Waals surface area contributed by atoms with E-state index in [1.165, 1.54) is 0 Å². The molecule has 0 aliphatic carbocycles. The quantitative estimate of drug-likeness (QED) is 0.797. The molecule has 0 aliphatic rings. The number of nitrogen functional groups attached to an aromatic ring is 1. The number of hydrogen-bond donors (Lipinski definition) is 1. The largest absolute Gasteiger partial charge is 0.487 e. The lowest BCUT2D eigenvalue weighted by molar-refractivity contribution is 0.302. The molecule has 0 saturated heterocycles. The molecule has 2 N–H and O–H groups in total. The number of hydrogen-bond acceptors (Lipinski definition) is 3. The number of nitrogens with two attached hydrogens (primary N) is 1. The van der Waals surface area contributed by atoms with Crippen molar-refractivity contribution in [3.8, 4) is 5.75 Å². The molecule has 0 spiro atoms. The van der Waals surface area contributed by atoms with Gasteiger partial charge in [0.15, 0.2) is 0 Å². The molecule has 0 fully saturated rings. The van der Waals surface area contributed by atoms with Crippen molar-refractivity contribution in [2.45, 2.75) is 6.61 Å². The van der Waals surface area contributed by atoms with Gasteiger partial charge in [-0.15, -0.1) is 0 Å². The third kappa shape index (κ3) is 2.48. The Bertz CT molecular complexity index is 724. The summed E-state index contributed by atoms with van der Waals surface area (Å²) in [4.78, 5) is 4.44. The predicted octanol–water partition coefficient (Wildman–Crippen LogP) is 3.15. The van der Waals surface area contributed by atoms with Gasteiger partial charge in [0.05, 0.1) is 5.69 Å². The number of fused-ring (bicyclic) bond motifs is 1. The molecule has 0 radical (unpaired) electrons. The highest BCUT2D eigenvalue weighted by atomic mass is 35.5. The van der Waals surface area contributed by atoms with Crippen LogP contribution in [-0.2, 0) is 6.61 Å². The number of ether oxygens (including phenoxy) is 1. The van der Waals surface area contributed by atoms with Gasteiger partial charge in [0.25, 0.3) is 0 Å². The first-order valence-corrected chi connectivity index (χ1v) is 6.21. The molecular formula is C14H12ClN3O. The maximum Gasteiger partial charge on any atom is 0.138 e. The molecule has 2 heterocycles. The number of benzene rings is 1. The highest BCUT2D eigenvalue weighted by Gasteiger charge is 2.04. The first-order valence-electron chi connectivity index (χ1n) is 5.83.